The third-order valence-corrected chi connectivity index (χ3v) is 4.64. The van der Waals surface area contributed by atoms with Crippen LogP contribution in [-0.2, 0) is 0 Å². The number of thiophene rings is 1. The predicted octanol–water partition coefficient (Wildman–Crippen LogP) is 2.74. The van der Waals surface area contributed by atoms with Gasteiger partial charge < -0.3 is 10.1 Å². The smallest absolute Gasteiger partial charge is 0.274 e. The monoisotopic (exact) mass is 383 g/mol. The van der Waals surface area contributed by atoms with Gasteiger partial charge in [-0.1, -0.05) is 0 Å². The van der Waals surface area contributed by atoms with Crippen molar-refractivity contribution in [1.82, 2.24) is 15.8 Å². The Bertz CT molecular complexity index is 910. The summed E-state index contributed by atoms with van der Waals surface area (Å²) in [7, 11) is 0. The molecule has 0 aliphatic rings. The first-order valence-electron chi connectivity index (χ1n) is 8.12. The molecule has 8 heteroatoms. The Morgan fingerprint density at radius 2 is 1.78 bits per heavy atom. The van der Waals surface area contributed by atoms with E-state index in [0.717, 1.165) is 11.1 Å². The van der Waals surface area contributed by atoms with Crippen molar-refractivity contribution < 1.29 is 19.5 Å². The molecule has 2 heterocycles. The third kappa shape index (κ3) is 4.90. The summed E-state index contributed by atoms with van der Waals surface area (Å²) in [6.07, 6.45) is 3.43. The van der Waals surface area contributed by atoms with Crippen LogP contribution in [0.5, 0.6) is 5.75 Å². The summed E-state index contributed by atoms with van der Waals surface area (Å²) in [6, 6.07) is 11.9. The number of hydroxylamine groups is 1. The topological polar surface area (TPSA) is 101 Å². The number of hydrogen-bond donors (Lipinski definition) is 3. The fraction of sp³-hybridized carbons (Fsp3) is 0.105. The molecule has 2 aromatic heterocycles. The molecule has 0 fully saturated rings. The van der Waals surface area contributed by atoms with Crippen molar-refractivity contribution in [3.8, 4) is 16.9 Å². The zero-order chi connectivity index (χ0) is 19.1. The maximum absolute atomic E-state index is 12.2. The highest BCUT2D eigenvalue weighted by atomic mass is 32.1. The van der Waals surface area contributed by atoms with Gasteiger partial charge in [-0.05, 0) is 59.0 Å². The number of amides is 2. The van der Waals surface area contributed by atoms with Gasteiger partial charge in [-0.3, -0.25) is 19.8 Å². The lowest BCUT2D eigenvalue weighted by molar-refractivity contribution is 0.0706. The van der Waals surface area contributed by atoms with E-state index in [4.69, 9.17) is 9.94 Å². The van der Waals surface area contributed by atoms with E-state index >= 15 is 0 Å². The number of ether oxygens (including phenoxy) is 1. The van der Waals surface area contributed by atoms with E-state index in [1.54, 1.807) is 30.0 Å². The van der Waals surface area contributed by atoms with Gasteiger partial charge in [-0.25, -0.2) is 5.48 Å². The van der Waals surface area contributed by atoms with Crippen molar-refractivity contribution in [1.29, 1.82) is 0 Å². The van der Waals surface area contributed by atoms with Gasteiger partial charge in [0.2, 0.25) is 0 Å². The molecule has 0 radical (unpaired) electrons. The fourth-order valence-electron chi connectivity index (χ4n) is 2.34. The zero-order valence-corrected chi connectivity index (χ0v) is 15.0. The minimum Gasteiger partial charge on any atom is -0.492 e. The first kappa shape index (κ1) is 18.6. The van der Waals surface area contributed by atoms with Gasteiger partial charge in [-0.2, -0.15) is 0 Å². The van der Waals surface area contributed by atoms with Crippen LogP contribution in [0.3, 0.4) is 0 Å². The molecular weight excluding hydrogens is 366 g/mol. The van der Waals surface area contributed by atoms with Crippen molar-refractivity contribution in [2.45, 2.75) is 0 Å². The van der Waals surface area contributed by atoms with Crippen LogP contribution in [0.25, 0.3) is 11.1 Å². The van der Waals surface area contributed by atoms with Crippen molar-refractivity contribution >= 4 is 23.2 Å². The molecule has 0 saturated carbocycles. The molecule has 7 nitrogen and oxygen atoms in total. The van der Waals surface area contributed by atoms with Gasteiger partial charge in [0.05, 0.1) is 11.4 Å². The minimum absolute atomic E-state index is 0.154. The molecule has 3 rings (SSSR count). The lowest BCUT2D eigenvalue weighted by Crippen LogP contribution is -2.27. The van der Waals surface area contributed by atoms with E-state index in [2.05, 4.69) is 10.3 Å². The fourth-order valence-corrected chi connectivity index (χ4v) is 3.17. The summed E-state index contributed by atoms with van der Waals surface area (Å²) in [5, 5.41) is 13.3. The normalized spacial score (nSPS) is 10.3. The summed E-state index contributed by atoms with van der Waals surface area (Å²) < 4.78 is 5.52. The van der Waals surface area contributed by atoms with Crippen molar-refractivity contribution in [2.24, 2.45) is 0 Å². The molecule has 3 aromatic rings. The molecule has 138 valence electrons. The third-order valence-electron chi connectivity index (χ3n) is 3.71. The second-order valence-electron chi connectivity index (χ2n) is 5.51. The molecule has 27 heavy (non-hydrogen) atoms. The number of hydrogen-bond acceptors (Lipinski definition) is 6. The molecular formula is C19H17N3O4S. The Hall–Kier alpha value is -3.23. The lowest BCUT2D eigenvalue weighted by Gasteiger charge is -2.07. The number of carbonyl (C=O) groups is 2. The first-order chi connectivity index (χ1) is 13.2. The highest BCUT2D eigenvalue weighted by Gasteiger charge is 2.10. The Labute approximate surface area is 159 Å². The summed E-state index contributed by atoms with van der Waals surface area (Å²) in [6.45, 7) is 0.639. The molecule has 3 N–H and O–H groups in total. The molecule has 0 atom stereocenters. The first-order valence-corrected chi connectivity index (χ1v) is 9.00. The van der Waals surface area contributed by atoms with Crippen LogP contribution in [0.2, 0.25) is 0 Å². The molecule has 2 amide bonds. The van der Waals surface area contributed by atoms with Crippen LogP contribution < -0.4 is 15.5 Å². The zero-order valence-electron chi connectivity index (χ0n) is 14.2. The Kier molecular flexibility index (Phi) is 6.14. The Balaban J connectivity index is 1.46. The largest absolute Gasteiger partial charge is 0.492 e. The molecule has 1 aromatic carbocycles. The van der Waals surface area contributed by atoms with Gasteiger partial charge in [-0.15, -0.1) is 11.3 Å². The van der Waals surface area contributed by atoms with E-state index in [0.29, 0.717) is 29.3 Å². The molecule has 0 unspecified atom stereocenters. The second kappa shape index (κ2) is 8.93. The van der Waals surface area contributed by atoms with E-state index in [1.807, 2.05) is 23.6 Å². The van der Waals surface area contributed by atoms with Gasteiger partial charge in [0.1, 0.15) is 12.4 Å². The highest BCUT2D eigenvalue weighted by molar-refractivity contribution is 7.12. The summed E-state index contributed by atoms with van der Waals surface area (Å²) >= 11 is 1.38. The molecule has 0 bridgehead atoms. The Morgan fingerprint density at radius 1 is 1.04 bits per heavy atom. The number of nitrogens with one attached hydrogen (secondary N) is 2. The van der Waals surface area contributed by atoms with E-state index in [-0.39, 0.29) is 5.91 Å². The maximum atomic E-state index is 12.2. The molecule has 0 aliphatic carbocycles. The Morgan fingerprint density at radius 3 is 2.48 bits per heavy atom. The lowest BCUT2D eigenvalue weighted by atomic mass is 10.1. The van der Waals surface area contributed by atoms with Gasteiger partial charge in [0.25, 0.3) is 11.8 Å². The van der Waals surface area contributed by atoms with Crippen LogP contribution in [0.4, 0.5) is 0 Å². The number of nitrogens with zero attached hydrogens (tertiary/aromatic N) is 1. The number of pyridine rings is 1. The SMILES string of the molecule is O=C(NO)c1ccc(OCCNC(=O)c2cc(-c3ccncc3)cs2)cc1. The van der Waals surface area contributed by atoms with E-state index in [9.17, 15) is 9.59 Å². The van der Waals surface area contributed by atoms with Gasteiger partial charge in [0.15, 0.2) is 0 Å². The minimum atomic E-state index is -0.587. The quantitative estimate of drug-likeness (QED) is 0.331. The average Bonchev–Trinajstić information content (AvgIpc) is 3.22. The summed E-state index contributed by atoms with van der Waals surface area (Å²) in [4.78, 5) is 28.1. The highest BCUT2D eigenvalue weighted by Crippen LogP contribution is 2.24. The van der Waals surface area contributed by atoms with Gasteiger partial charge in [0, 0.05) is 18.0 Å². The van der Waals surface area contributed by atoms with Crippen LogP contribution in [0.1, 0.15) is 20.0 Å². The van der Waals surface area contributed by atoms with Crippen molar-refractivity contribution in [3.63, 3.8) is 0 Å². The molecule has 0 spiro atoms. The number of rotatable bonds is 7. The molecule has 0 saturated heterocycles. The van der Waals surface area contributed by atoms with Crippen LogP contribution in [-0.4, -0.2) is 35.2 Å². The number of benzene rings is 1. The summed E-state index contributed by atoms with van der Waals surface area (Å²) in [5.41, 5.74) is 3.88. The van der Waals surface area contributed by atoms with Gasteiger partial charge >= 0.3 is 0 Å². The molecule has 0 aliphatic heterocycles. The van der Waals surface area contributed by atoms with E-state index in [1.165, 1.54) is 23.5 Å². The van der Waals surface area contributed by atoms with Crippen LogP contribution in [0.15, 0.2) is 60.2 Å². The predicted molar refractivity (Wildman–Crippen MR) is 101 cm³/mol. The van der Waals surface area contributed by atoms with Crippen LogP contribution >= 0.6 is 11.3 Å². The van der Waals surface area contributed by atoms with Crippen molar-refractivity contribution in [3.05, 3.63) is 70.7 Å². The van der Waals surface area contributed by atoms with E-state index < -0.39 is 5.91 Å². The van der Waals surface area contributed by atoms with Crippen molar-refractivity contribution in [2.75, 3.05) is 13.2 Å². The number of carbonyl (C=O) groups excluding carboxylic acids is 2. The maximum Gasteiger partial charge on any atom is 0.274 e. The number of aromatic nitrogens is 1. The average molecular weight is 383 g/mol. The van der Waals surface area contributed by atoms with Crippen LogP contribution in [0, 0.1) is 0 Å². The standard InChI is InChI=1S/C19H17N3O4S/c23-18(22-25)14-1-3-16(4-2-14)26-10-9-21-19(24)17-11-15(12-27-17)13-5-7-20-8-6-13/h1-8,11-12,25H,9-10H2,(H,21,24)(H,22,23). The summed E-state index contributed by atoms with van der Waals surface area (Å²) in [5.74, 6) is -0.176. The second-order valence-corrected chi connectivity index (χ2v) is 6.42.